The quantitative estimate of drug-likeness (QED) is 0.397. The lowest BCUT2D eigenvalue weighted by atomic mass is 9.98. The predicted molar refractivity (Wildman–Crippen MR) is 138 cm³/mol. The van der Waals surface area contributed by atoms with E-state index in [0.29, 0.717) is 18.0 Å². The van der Waals surface area contributed by atoms with E-state index >= 15 is 0 Å². The lowest BCUT2D eigenvalue weighted by molar-refractivity contribution is -0.116. The molecule has 3 aromatic rings. The number of sulfonamides is 1. The molecule has 1 aliphatic rings. The number of nitrogens with one attached hydrogen (secondary N) is 1. The SMILES string of the molecule is CCOc1ccc(S(=O)(=O)N(CC(=O)Nc2ccc(C3(C#N)CC3)cc2)Cc2ccccc2)cc1Cl. The molecule has 0 bridgehead atoms. The molecule has 1 amide bonds. The number of rotatable bonds is 10. The number of carbonyl (C=O) groups excluding carboxylic acids is 1. The van der Waals surface area contributed by atoms with Gasteiger partial charge in [0, 0.05) is 12.2 Å². The standard InChI is InChI=1S/C27H26ClN3O4S/c1-2-35-25-13-12-23(16-24(25)28)36(33,34)31(17-20-6-4-3-5-7-20)18-26(32)30-22-10-8-21(9-11-22)27(19-29)14-15-27/h3-13,16H,2,14-15,17-18H2,1H3,(H,30,32). The molecule has 0 aromatic heterocycles. The fraction of sp³-hybridized carbons (Fsp3) is 0.259. The van der Waals surface area contributed by atoms with Crippen molar-refractivity contribution in [1.29, 1.82) is 5.26 Å². The third-order valence-corrected chi connectivity index (χ3v) is 8.13. The number of nitrogens with zero attached hydrogens (tertiary/aromatic N) is 2. The number of halogens is 1. The average molecular weight is 524 g/mol. The van der Waals surface area contributed by atoms with Gasteiger partial charge in [0.05, 0.1) is 34.6 Å². The molecule has 0 aliphatic heterocycles. The van der Waals surface area contributed by atoms with Crippen molar-refractivity contribution in [1.82, 2.24) is 4.31 Å². The van der Waals surface area contributed by atoms with E-state index in [2.05, 4.69) is 11.4 Å². The zero-order valence-corrected chi connectivity index (χ0v) is 21.3. The Labute approximate surface area is 216 Å². The van der Waals surface area contributed by atoms with Crippen LogP contribution in [-0.2, 0) is 26.8 Å². The molecule has 1 N–H and O–H groups in total. The van der Waals surface area contributed by atoms with Crippen LogP contribution in [0.2, 0.25) is 5.02 Å². The first-order valence-electron chi connectivity index (χ1n) is 11.6. The second kappa shape index (κ2) is 10.7. The molecule has 9 heteroatoms. The van der Waals surface area contributed by atoms with Crippen molar-refractivity contribution in [3.05, 3.63) is 88.9 Å². The fourth-order valence-corrected chi connectivity index (χ4v) is 5.61. The maximum atomic E-state index is 13.6. The van der Waals surface area contributed by atoms with E-state index in [1.54, 1.807) is 24.3 Å². The summed E-state index contributed by atoms with van der Waals surface area (Å²) in [4.78, 5) is 12.9. The Morgan fingerprint density at radius 3 is 2.39 bits per heavy atom. The van der Waals surface area contributed by atoms with E-state index in [0.717, 1.165) is 28.3 Å². The van der Waals surface area contributed by atoms with Crippen molar-refractivity contribution in [2.75, 3.05) is 18.5 Å². The van der Waals surface area contributed by atoms with Gasteiger partial charge in [-0.15, -0.1) is 0 Å². The van der Waals surface area contributed by atoms with Crippen LogP contribution in [0, 0.1) is 11.3 Å². The Morgan fingerprint density at radius 1 is 1.11 bits per heavy atom. The highest BCUT2D eigenvalue weighted by Gasteiger charge is 2.44. The van der Waals surface area contributed by atoms with Crippen LogP contribution in [0.1, 0.15) is 30.9 Å². The Kier molecular flexibility index (Phi) is 7.65. The topological polar surface area (TPSA) is 99.5 Å². The number of hydrogen-bond donors (Lipinski definition) is 1. The summed E-state index contributed by atoms with van der Waals surface area (Å²) in [6.45, 7) is 1.81. The van der Waals surface area contributed by atoms with E-state index in [1.807, 2.05) is 37.3 Å². The van der Waals surface area contributed by atoms with Crippen LogP contribution in [-0.4, -0.2) is 31.8 Å². The molecule has 1 aliphatic carbocycles. The van der Waals surface area contributed by atoms with Crippen LogP contribution < -0.4 is 10.1 Å². The highest BCUT2D eigenvalue weighted by atomic mass is 35.5. The molecule has 0 saturated heterocycles. The molecule has 186 valence electrons. The Morgan fingerprint density at radius 2 is 1.81 bits per heavy atom. The summed E-state index contributed by atoms with van der Waals surface area (Å²) < 4.78 is 33.6. The summed E-state index contributed by atoms with van der Waals surface area (Å²) in [6.07, 6.45) is 1.66. The number of anilines is 1. The van der Waals surface area contributed by atoms with Crippen molar-refractivity contribution < 1.29 is 17.9 Å². The van der Waals surface area contributed by atoms with Crippen molar-refractivity contribution in [3.8, 4) is 11.8 Å². The monoisotopic (exact) mass is 523 g/mol. The van der Waals surface area contributed by atoms with E-state index in [4.69, 9.17) is 16.3 Å². The van der Waals surface area contributed by atoms with Gasteiger partial charge >= 0.3 is 0 Å². The molecule has 7 nitrogen and oxygen atoms in total. The van der Waals surface area contributed by atoms with Crippen molar-refractivity contribution >= 4 is 33.2 Å². The van der Waals surface area contributed by atoms with Gasteiger partial charge < -0.3 is 10.1 Å². The van der Waals surface area contributed by atoms with Crippen molar-refractivity contribution in [3.63, 3.8) is 0 Å². The maximum Gasteiger partial charge on any atom is 0.243 e. The molecule has 0 unspecified atom stereocenters. The zero-order chi connectivity index (χ0) is 25.8. The molecule has 0 atom stereocenters. The summed E-state index contributed by atoms with van der Waals surface area (Å²) in [5.74, 6) is -0.0981. The van der Waals surface area contributed by atoms with Crippen LogP contribution in [0.4, 0.5) is 5.69 Å². The predicted octanol–water partition coefficient (Wildman–Crippen LogP) is 5.12. The average Bonchev–Trinajstić information content (AvgIpc) is 3.67. The molecule has 0 radical (unpaired) electrons. The second-order valence-corrected chi connectivity index (χ2v) is 10.9. The molecule has 0 spiro atoms. The van der Waals surface area contributed by atoms with Crippen molar-refractivity contribution in [2.45, 2.75) is 36.6 Å². The highest BCUT2D eigenvalue weighted by Crippen LogP contribution is 2.47. The van der Waals surface area contributed by atoms with Gasteiger partial charge in [0.1, 0.15) is 5.75 Å². The van der Waals surface area contributed by atoms with Gasteiger partial charge in [-0.05, 0) is 61.2 Å². The number of hydrogen-bond acceptors (Lipinski definition) is 5. The van der Waals surface area contributed by atoms with Gasteiger partial charge in [0.2, 0.25) is 15.9 Å². The van der Waals surface area contributed by atoms with Gasteiger partial charge in [0.25, 0.3) is 0 Å². The summed E-state index contributed by atoms with van der Waals surface area (Å²) >= 11 is 6.24. The molecule has 1 saturated carbocycles. The third kappa shape index (κ3) is 5.71. The smallest absolute Gasteiger partial charge is 0.243 e. The highest BCUT2D eigenvalue weighted by molar-refractivity contribution is 7.89. The van der Waals surface area contributed by atoms with Crippen LogP contribution in [0.25, 0.3) is 0 Å². The Hall–Kier alpha value is -3.38. The molecule has 0 heterocycles. The Balaban J connectivity index is 1.55. The lowest BCUT2D eigenvalue weighted by Crippen LogP contribution is -2.37. The largest absolute Gasteiger partial charge is 0.492 e. The van der Waals surface area contributed by atoms with E-state index < -0.39 is 27.9 Å². The van der Waals surface area contributed by atoms with Crippen LogP contribution in [0.15, 0.2) is 77.7 Å². The minimum absolute atomic E-state index is 0.00501. The molecular formula is C27H26ClN3O4S. The Bertz CT molecular complexity index is 1380. The molecular weight excluding hydrogens is 498 g/mol. The number of benzene rings is 3. The first kappa shape index (κ1) is 25.7. The van der Waals surface area contributed by atoms with E-state index in [-0.39, 0.29) is 16.5 Å². The lowest BCUT2D eigenvalue weighted by Gasteiger charge is -2.22. The van der Waals surface area contributed by atoms with E-state index in [9.17, 15) is 18.5 Å². The first-order valence-corrected chi connectivity index (χ1v) is 13.4. The minimum atomic E-state index is -4.07. The molecule has 4 rings (SSSR count). The summed E-state index contributed by atoms with van der Waals surface area (Å²) in [5.41, 5.74) is 1.77. The molecule has 36 heavy (non-hydrogen) atoms. The number of nitriles is 1. The third-order valence-electron chi connectivity index (χ3n) is 6.05. The molecule has 1 fully saturated rings. The van der Waals surface area contributed by atoms with Crippen LogP contribution >= 0.6 is 11.6 Å². The van der Waals surface area contributed by atoms with Gasteiger partial charge in [-0.3, -0.25) is 4.79 Å². The number of ether oxygens (including phenoxy) is 1. The first-order chi connectivity index (χ1) is 17.3. The van der Waals surface area contributed by atoms with Gasteiger partial charge in [-0.2, -0.15) is 9.57 Å². The number of carbonyl (C=O) groups is 1. The molecule has 3 aromatic carbocycles. The van der Waals surface area contributed by atoms with Crippen LogP contribution in [0.3, 0.4) is 0 Å². The minimum Gasteiger partial charge on any atom is -0.492 e. The van der Waals surface area contributed by atoms with Gasteiger partial charge in [-0.25, -0.2) is 8.42 Å². The van der Waals surface area contributed by atoms with Gasteiger partial charge in [-0.1, -0.05) is 54.1 Å². The second-order valence-electron chi connectivity index (χ2n) is 8.60. The maximum absolute atomic E-state index is 13.6. The summed E-state index contributed by atoms with van der Waals surface area (Å²) in [5, 5.41) is 12.3. The zero-order valence-electron chi connectivity index (χ0n) is 19.8. The summed E-state index contributed by atoms with van der Waals surface area (Å²) in [6, 6.07) is 22.8. The van der Waals surface area contributed by atoms with Gasteiger partial charge in [0.15, 0.2) is 0 Å². The summed E-state index contributed by atoms with van der Waals surface area (Å²) in [7, 11) is -4.07. The fourth-order valence-electron chi connectivity index (χ4n) is 3.90. The number of amides is 1. The van der Waals surface area contributed by atoms with E-state index in [1.165, 1.54) is 18.2 Å². The van der Waals surface area contributed by atoms with Crippen LogP contribution in [0.5, 0.6) is 5.75 Å². The normalized spacial score (nSPS) is 14.2. The van der Waals surface area contributed by atoms with Crippen molar-refractivity contribution in [2.24, 2.45) is 0 Å².